The summed E-state index contributed by atoms with van der Waals surface area (Å²) in [6.45, 7) is 7.52. The molecule has 0 saturated carbocycles. The van der Waals surface area contributed by atoms with Gasteiger partial charge in [-0.05, 0) is 36.9 Å². The third-order valence-corrected chi connectivity index (χ3v) is 3.99. The Morgan fingerprint density at radius 1 is 1.14 bits per heavy atom. The van der Waals surface area contributed by atoms with Crippen molar-refractivity contribution in [3.63, 3.8) is 0 Å². The first-order chi connectivity index (χ1) is 10.3. The molecule has 1 aromatic rings. The smallest absolute Gasteiger partial charge is 0.100 e. The molecule has 1 N–H and O–H groups in total. The molecule has 0 bridgehead atoms. The number of benzene rings is 1. The van der Waals surface area contributed by atoms with Gasteiger partial charge in [0, 0.05) is 0 Å². The molecule has 0 aliphatic carbocycles. The predicted molar refractivity (Wildman–Crippen MR) is 86.6 cm³/mol. The standard InChI is InChI=1S/C18H29NO2/c1-3-5-6-15-7-9-16(10-8-15)18(19-11-4-2)17-14-20-12-13-21-17/h7-10,17-19H,3-6,11-14H2,1-2H3. The normalized spacial score (nSPS) is 20.4. The Labute approximate surface area is 129 Å². The number of hydrogen-bond donors (Lipinski definition) is 1. The quantitative estimate of drug-likeness (QED) is 0.795. The summed E-state index contributed by atoms with van der Waals surface area (Å²) in [6, 6.07) is 9.24. The van der Waals surface area contributed by atoms with Crippen molar-refractivity contribution < 1.29 is 9.47 Å². The molecule has 2 unspecified atom stereocenters. The molecule has 1 aromatic carbocycles. The molecule has 118 valence electrons. The van der Waals surface area contributed by atoms with E-state index in [2.05, 4.69) is 43.4 Å². The summed E-state index contributed by atoms with van der Waals surface area (Å²) in [5.74, 6) is 0. The fourth-order valence-corrected chi connectivity index (χ4v) is 2.73. The monoisotopic (exact) mass is 291 g/mol. The molecule has 3 nitrogen and oxygen atoms in total. The van der Waals surface area contributed by atoms with Gasteiger partial charge in [-0.2, -0.15) is 0 Å². The Morgan fingerprint density at radius 3 is 2.57 bits per heavy atom. The van der Waals surface area contributed by atoms with Gasteiger partial charge in [0.25, 0.3) is 0 Å². The molecule has 1 saturated heterocycles. The number of aryl methyl sites for hydroxylation is 1. The van der Waals surface area contributed by atoms with Crippen molar-refractivity contribution in [2.75, 3.05) is 26.4 Å². The average Bonchev–Trinajstić information content (AvgIpc) is 2.55. The highest BCUT2D eigenvalue weighted by Crippen LogP contribution is 2.22. The van der Waals surface area contributed by atoms with Crippen LogP contribution in [-0.2, 0) is 15.9 Å². The second kappa shape index (κ2) is 9.19. The van der Waals surface area contributed by atoms with Crippen molar-refractivity contribution in [2.45, 2.75) is 51.7 Å². The lowest BCUT2D eigenvalue weighted by Crippen LogP contribution is -2.40. The number of ether oxygens (including phenoxy) is 2. The van der Waals surface area contributed by atoms with Crippen molar-refractivity contribution in [3.05, 3.63) is 35.4 Å². The summed E-state index contributed by atoms with van der Waals surface area (Å²) >= 11 is 0. The number of rotatable bonds is 8. The van der Waals surface area contributed by atoms with Crippen molar-refractivity contribution in [1.82, 2.24) is 5.32 Å². The van der Waals surface area contributed by atoms with Crippen LogP contribution in [0.15, 0.2) is 24.3 Å². The first kappa shape index (κ1) is 16.5. The number of nitrogens with one attached hydrogen (secondary N) is 1. The zero-order chi connectivity index (χ0) is 14.9. The van der Waals surface area contributed by atoms with Gasteiger partial charge in [-0.25, -0.2) is 0 Å². The maximum absolute atomic E-state index is 5.90. The minimum Gasteiger partial charge on any atom is -0.376 e. The van der Waals surface area contributed by atoms with Crippen LogP contribution in [0, 0.1) is 0 Å². The topological polar surface area (TPSA) is 30.5 Å². The summed E-state index contributed by atoms with van der Waals surface area (Å²) in [7, 11) is 0. The molecule has 0 radical (unpaired) electrons. The van der Waals surface area contributed by atoms with Gasteiger partial charge in [0.2, 0.25) is 0 Å². The predicted octanol–water partition coefficient (Wildman–Crippen LogP) is 3.49. The van der Waals surface area contributed by atoms with E-state index in [1.54, 1.807) is 0 Å². The molecule has 2 atom stereocenters. The van der Waals surface area contributed by atoms with Gasteiger partial charge in [-0.1, -0.05) is 44.5 Å². The molecule has 1 aliphatic rings. The van der Waals surface area contributed by atoms with E-state index >= 15 is 0 Å². The van der Waals surface area contributed by atoms with Gasteiger partial charge in [0.1, 0.15) is 6.10 Å². The second-order valence-electron chi connectivity index (χ2n) is 5.76. The molecule has 1 aliphatic heterocycles. The van der Waals surface area contributed by atoms with E-state index in [1.807, 2.05) is 0 Å². The Kier molecular flexibility index (Phi) is 7.20. The SMILES string of the molecule is CCCCc1ccc(C(NCCC)C2COCCO2)cc1. The molecule has 0 aromatic heterocycles. The van der Waals surface area contributed by atoms with E-state index in [0.717, 1.165) is 13.0 Å². The second-order valence-corrected chi connectivity index (χ2v) is 5.76. The Bertz CT molecular complexity index is 385. The lowest BCUT2D eigenvalue weighted by molar-refractivity contribution is -0.102. The lowest BCUT2D eigenvalue weighted by atomic mass is 9.98. The van der Waals surface area contributed by atoms with Crippen LogP contribution >= 0.6 is 0 Å². The highest BCUT2D eigenvalue weighted by atomic mass is 16.6. The van der Waals surface area contributed by atoms with Crippen LogP contribution in [0.3, 0.4) is 0 Å². The van der Waals surface area contributed by atoms with Gasteiger partial charge in [-0.15, -0.1) is 0 Å². The van der Waals surface area contributed by atoms with Crippen LogP contribution in [0.5, 0.6) is 0 Å². The summed E-state index contributed by atoms with van der Waals surface area (Å²) in [5.41, 5.74) is 2.73. The average molecular weight is 291 g/mol. The Morgan fingerprint density at radius 2 is 1.95 bits per heavy atom. The van der Waals surface area contributed by atoms with Gasteiger partial charge >= 0.3 is 0 Å². The van der Waals surface area contributed by atoms with Crippen LogP contribution in [0.4, 0.5) is 0 Å². The maximum Gasteiger partial charge on any atom is 0.100 e. The van der Waals surface area contributed by atoms with Crippen molar-refractivity contribution >= 4 is 0 Å². The molecule has 0 amide bonds. The summed E-state index contributed by atoms with van der Waals surface area (Å²) < 4.78 is 11.5. The van der Waals surface area contributed by atoms with Crippen molar-refractivity contribution in [1.29, 1.82) is 0 Å². The summed E-state index contributed by atoms with van der Waals surface area (Å²) in [4.78, 5) is 0. The van der Waals surface area contributed by atoms with E-state index in [0.29, 0.717) is 19.8 Å². The fourth-order valence-electron chi connectivity index (χ4n) is 2.73. The molecular formula is C18H29NO2. The molecule has 2 rings (SSSR count). The zero-order valence-corrected chi connectivity index (χ0v) is 13.4. The largest absolute Gasteiger partial charge is 0.376 e. The third-order valence-electron chi connectivity index (χ3n) is 3.99. The van der Waals surface area contributed by atoms with Gasteiger partial charge < -0.3 is 14.8 Å². The highest BCUT2D eigenvalue weighted by Gasteiger charge is 2.25. The first-order valence-electron chi connectivity index (χ1n) is 8.36. The molecular weight excluding hydrogens is 262 g/mol. The van der Waals surface area contributed by atoms with Crippen molar-refractivity contribution in [3.8, 4) is 0 Å². The zero-order valence-electron chi connectivity index (χ0n) is 13.4. The van der Waals surface area contributed by atoms with Crippen LogP contribution in [0.2, 0.25) is 0 Å². The third kappa shape index (κ3) is 5.10. The van der Waals surface area contributed by atoms with Gasteiger partial charge in [0.05, 0.1) is 25.9 Å². The van der Waals surface area contributed by atoms with E-state index in [9.17, 15) is 0 Å². The van der Waals surface area contributed by atoms with E-state index in [-0.39, 0.29) is 12.1 Å². The minimum absolute atomic E-state index is 0.117. The summed E-state index contributed by atoms with van der Waals surface area (Å²) in [6.07, 6.45) is 4.92. The number of unbranched alkanes of at least 4 members (excludes halogenated alkanes) is 1. The van der Waals surface area contributed by atoms with Gasteiger partial charge in [0.15, 0.2) is 0 Å². The molecule has 21 heavy (non-hydrogen) atoms. The van der Waals surface area contributed by atoms with Crippen molar-refractivity contribution in [2.24, 2.45) is 0 Å². The molecule has 3 heteroatoms. The Hall–Kier alpha value is -0.900. The molecule has 0 spiro atoms. The lowest BCUT2D eigenvalue weighted by Gasteiger charge is -2.31. The Balaban J connectivity index is 2.04. The van der Waals surface area contributed by atoms with Crippen LogP contribution in [-0.4, -0.2) is 32.5 Å². The fraction of sp³-hybridized carbons (Fsp3) is 0.667. The van der Waals surface area contributed by atoms with E-state index < -0.39 is 0 Å². The van der Waals surface area contributed by atoms with Crippen LogP contribution < -0.4 is 5.32 Å². The molecule has 1 heterocycles. The number of hydrogen-bond acceptors (Lipinski definition) is 3. The van der Waals surface area contributed by atoms with E-state index in [4.69, 9.17) is 9.47 Å². The highest BCUT2D eigenvalue weighted by molar-refractivity contribution is 5.26. The van der Waals surface area contributed by atoms with Gasteiger partial charge in [-0.3, -0.25) is 0 Å². The minimum atomic E-state index is 0.117. The summed E-state index contributed by atoms with van der Waals surface area (Å²) in [5, 5.41) is 3.61. The van der Waals surface area contributed by atoms with Crippen LogP contribution in [0.1, 0.15) is 50.3 Å². The van der Waals surface area contributed by atoms with E-state index in [1.165, 1.54) is 30.4 Å². The maximum atomic E-state index is 5.90. The first-order valence-corrected chi connectivity index (χ1v) is 8.36. The van der Waals surface area contributed by atoms with Crippen LogP contribution in [0.25, 0.3) is 0 Å². The molecule has 1 fully saturated rings.